The van der Waals surface area contributed by atoms with Crippen LogP contribution in [-0.2, 0) is 11.2 Å². The second kappa shape index (κ2) is 9.52. The highest BCUT2D eigenvalue weighted by atomic mass is 35.5. The van der Waals surface area contributed by atoms with E-state index in [1.54, 1.807) is 7.11 Å². The molecule has 3 rings (SSSR count). The predicted octanol–water partition coefficient (Wildman–Crippen LogP) is 5.10. The van der Waals surface area contributed by atoms with E-state index in [1.165, 1.54) is 23.9 Å². The molecule has 2 N–H and O–H groups in total. The molecule has 146 valence electrons. The van der Waals surface area contributed by atoms with Crippen molar-refractivity contribution in [1.82, 2.24) is 15.2 Å². The lowest BCUT2D eigenvalue weighted by atomic mass is 10.1. The summed E-state index contributed by atoms with van der Waals surface area (Å²) in [6.45, 7) is 0. The van der Waals surface area contributed by atoms with Crippen molar-refractivity contribution < 1.29 is 9.53 Å². The summed E-state index contributed by atoms with van der Waals surface area (Å²) < 4.78 is 5.14. The number of ether oxygens (including phenoxy) is 1. The number of methoxy groups -OCH3 is 1. The number of benzene rings is 2. The number of rotatable bonds is 7. The van der Waals surface area contributed by atoms with Gasteiger partial charge in [0.25, 0.3) is 0 Å². The Morgan fingerprint density at radius 1 is 1.18 bits per heavy atom. The van der Waals surface area contributed by atoms with Crippen molar-refractivity contribution in [2.45, 2.75) is 11.6 Å². The van der Waals surface area contributed by atoms with Gasteiger partial charge in [-0.05, 0) is 29.8 Å². The Bertz CT molecular complexity index is 956. The molecule has 1 heterocycles. The van der Waals surface area contributed by atoms with Crippen LogP contribution in [0.4, 0.5) is 5.69 Å². The number of anilines is 1. The molecule has 0 aliphatic heterocycles. The van der Waals surface area contributed by atoms with Gasteiger partial charge in [-0.15, -0.1) is 5.10 Å². The van der Waals surface area contributed by atoms with Gasteiger partial charge in [0.15, 0.2) is 0 Å². The number of amides is 1. The number of H-pyrrole nitrogens is 1. The summed E-state index contributed by atoms with van der Waals surface area (Å²) in [6.07, 6.45) is 0.597. The molecular formula is C18H15Cl3N4O2S. The minimum atomic E-state index is -0.280. The molecule has 6 nitrogen and oxygen atoms in total. The van der Waals surface area contributed by atoms with Crippen LogP contribution in [0.5, 0.6) is 5.75 Å². The summed E-state index contributed by atoms with van der Waals surface area (Å²) in [4.78, 5) is 16.6. The molecule has 0 radical (unpaired) electrons. The fourth-order valence-electron chi connectivity index (χ4n) is 2.33. The molecule has 0 saturated carbocycles. The molecule has 3 aromatic rings. The lowest BCUT2D eigenvalue weighted by Crippen LogP contribution is -2.14. The molecule has 1 aromatic heterocycles. The molecule has 0 fully saturated rings. The zero-order chi connectivity index (χ0) is 20.1. The number of hydrogen-bond donors (Lipinski definition) is 2. The Kier molecular flexibility index (Phi) is 7.07. The summed E-state index contributed by atoms with van der Waals surface area (Å²) in [7, 11) is 1.62. The van der Waals surface area contributed by atoms with Gasteiger partial charge in [-0.2, -0.15) is 0 Å². The topological polar surface area (TPSA) is 79.9 Å². The van der Waals surface area contributed by atoms with Gasteiger partial charge in [0, 0.05) is 11.4 Å². The SMILES string of the molecule is COc1ccc(Cc2nc(SCC(=O)Nc3c(Cl)cc(Cl)cc3Cl)n[nH]2)cc1. The lowest BCUT2D eigenvalue weighted by molar-refractivity contribution is -0.113. The molecule has 0 unspecified atom stereocenters. The van der Waals surface area contributed by atoms with Gasteiger partial charge < -0.3 is 10.1 Å². The van der Waals surface area contributed by atoms with Gasteiger partial charge in [0.05, 0.1) is 28.6 Å². The fraction of sp³-hybridized carbons (Fsp3) is 0.167. The number of nitrogens with zero attached hydrogens (tertiary/aromatic N) is 2. The molecule has 10 heteroatoms. The maximum atomic E-state index is 12.2. The zero-order valence-electron chi connectivity index (χ0n) is 14.6. The molecule has 1 amide bonds. The molecule has 2 aromatic carbocycles. The fourth-order valence-corrected chi connectivity index (χ4v) is 3.85. The van der Waals surface area contributed by atoms with Crippen molar-refractivity contribution >= 4 is 58.2 Å². The normalized spacial score (nSPS) is 10.7. The Labute approximate surface area is 180 Å². The second-order valence-corrected chi connectivity index (χ2v) is 7.86. The molecule has 0 spiro atoms. The third-order valence-corrected chi connectivity index (χ3v) is 5.31. The molecule has 28 heavy (non-hydrogen) atoms. The molecule has 0 aliphatic carbocycles. The van der Waals surface area contributed by atoms with Crippen molar-refractivity contribution in [2.24, 2.45) is 0 Å². The smallest absolute Gasteiger partial charge is 0.234 e. The van der Waals surface area contributed by atoms with Crippen LogP contribution in [0, 0.1) is 0 Å². The van der Waals surface area contributed by atoms with Gasteiger partial charge in [0.1, 0.15) is 11.6 Å². The lowest BCUT2D eigenvalue weighted by Gasteiger charge is -2.09. The standard InChI is InChI=1S/C18H15Cl3N4O2S/c1-27-12-4-2-10(3-5-12)6-15-22-18(25-24-15)28-9-16(26)23-17-13(20)7-11(19)8-14(17)21/h2-5,7-8H,6,9H2,1H3,(H,23,26)(H,22,24,25). The first-order chi connectivity index (χ1) is 13.4. The number of carbonyl (C=O) groups excluding carboxylic acids is 1. The summed E-state index contributed by atoms with van der Waals surface area (Å²) in [5, 5.41) is 11.1. The van der Waals surface area contributed by atoms with Gasteiger partial charge in [-0.3, -0.25) is 9.89 Å². The van der Waals surface area contributed by atoms with Crippen molar-refractivity contribution in [1.29, 1.82) is 0 Å². The molecule has 0 atom stereocenters. The number of nitrogens with one attached hydrogen (secondary N) is 2. The van der Waals surface area contributed by atoms with Gasteiger partial charge in [-0.25, -0.2) is 4.98 Å². The average molecular weight is 458 g/mol. The van der Waals surface area contributed by atoms with E-state index in [9.17, 15) is 4.79 Å². The van der Waals surface area contributed by atoms with Crippen LogP contribution in [0.25, 0.3) is 0 Å². The highest BCUT2D eigenvalue weighted by molar-refractivity contribution is 7.99. The highest BCUT2D eigenvalue weighted by Gasteiger charge is 2.13. The Morgan fingerprint density at radius 2 is 1.86 bits per heavy atom. The zero-order valence-corrected chi connectivity index (χ0v) is 17.7. The molecule has 0 saturated heterocycles. The Morgan fingerprint density at radius 3 is 2.50 bits per heavy atom. The van der Waals surface area contributed by atoms with Crippen LogP contribution >= 0.6 is 46.6 Å². The average Bonchev–Trinajstić information content (AvgIpc) is 3.11. The van der Waals surface area contributed by atoms with E-state index in [0.29, 0.717) is 28.1 Å². The van der Waals surface area contributed by atoms with Gasteiger partial charge in [0.2, 0.25) is 11.1 Å². The quantitative estimate of drug-likeness (QED) is 0.483. The van der Waals surface area contributed by atoms with Crippen LogP contribution in [-0.4, -0.2) is 34.0 Å². The van der Waals surface area contributed by atoms with Crippen molar-refractivity contribution in [3.05, 3.63) is 62.9 Å². The summed E-state index contributed by atoms with van der Waals surface area (Å²) >= 11 is 19.2. The predicted molar refractivity (Wildman–Crippen MR) is 113 cm³/mol. The maximum absolute atomic E-state index is 12.2. The van der Waals surface area contributed by atoms with E-state index in [0.717, 1.165) is 11.3 Å². The van der Waals surface area contributed by atoms with E-state index in [4.69, 9.17) is 39.5 Å². The number of carbonyl (C=O) groups is 1. The number of aromatic amines is 1. The second-order valence-electron chi connectivity index (χ2n) is 5.67. The Balaban J connectivity index is 1.54. The van der Waals surface area contributed by atoms with Crippen LogP contribution in [0.1, 0.15) is 11.4 Å². The van der Waals surface area contributed by atoms with Gasteiger partial charge >= 0.3 is 0 Å². The number of halogens is 3. The first-order valence-corrected chi connectivity index (χ1v) is 10.2. The van der Waals surface area contributed by atoms with Crippen molar-refractivity contribution in [2.75, 3.05) is 18.2 Å². The molecule has 0 bridgehead atoms. The van der Waals surface area contributed by atoms with Crippen LogP contribution in [0.3, 0.4) is 0 Å². The minimum Gasteiger partial charge on any atom is -0.497 e. The molecule has 0 aliphatic rings. The van der Waals surface area contributed by atoms with Gasteiger partial charge in [-0.1, -0.05) is 58.7 Å². The maximum Gasteiger partial charge on any atom is 0.234 e. The van der Waals surface area contributed by atoms with E-state index in [1.807, 2.05) is 24.3 Å². The van der Waals surface area contributed by atoms with E-state index >= 15 is 0 Å². The monoisotopic (exact) mass is 456 g/mol. The first kappa shape index (κ1) is 20.8. The third kappa shape index (κ3) is 5.54. The van der Waals surface area contributed by atoms with E-state index in [2.05, 4.69) is 20.5 Å². The van der Waals surface area contributed by atoms with Crippen LogP contribution in [0.2, 0.25) is 15.1 Å². The van der Waals surface area contributed by atoms with E-state index in [-0.39, 0.29) is 21.7 Å². The van der Waals surface area contributed by atoms with Crippen LogP contribution in [0.15, 0.2) is 41.6 Å². The number of aromatic nitrogens is 3. The summed E-state index contributed by atoms with van der Waals surface area (Å²) in [6, 6.07) is 10.7. The van der Waals surface area contributed by atoms with Crippen molar-refractivity contribution in [3.63, 3.8) is 0 Å². The molecular weight excluding hydrogens is 443 g/mol. The van der Waals surface area contributed by atoms with Crippen molar-refractivity contribution in [3.8, 4) is 5.75 Å². The third-order valence-electron chi connectivity index (χ3n) is 3.65. The van der Waals surface area contributed by atoms with E-state index < -0.39 is 0 Å². The number of thioether (sulfide) groups is 1. The largest absolute Gasteiger partial charge is 0.497 e. The minimum absolute atomic E-state index is 0.106. The first-order valence-electron chi connectivity index (χ1n) is 8.06. The highest BCUT2D eigenvalue weighted by Crippen LogP contribution is 2.33. The summed E-state index contributed by atoms with van der Waals surface area (Å²) in [5.74, 6) is 1.33. The summed E-state index contributed by atoms with van der Waals surface area (Å²) in [5.41, 5.74) is 1.40. The van der Waals surface area contributed by atoms with Crippen LogP contribution < -0.4 is 10.1 Å². The number of hydrogen-bond acceptors (Lipinski definition) is 5. The Hall–Kier alpha value is -1.93.